The number of hydrogen-bond acceptors (Lipinski definition) is 6. The van der Waals surface area contributed by atoms with Gasteiger partial charge in [0.2, 0.25) is 0 Å². The van der Waals surface area contributed by atoms with Crippen LogP contribution in [-0.4, -0.2) is 9.59 Å². The van der Waals surface area contributed by atoms with Gasteiger partial charge in [-0.25, -0.2) is 5.43 Å². The van der Waals surface area contributed by atoms with Crippen LogP contribution in [0.3, 0.4) is 0 Å². The van der Waals surface area contributed by atoms with Crippen molar-refractivity contribution in [1.82, 2.24) is 15.0 Å². The maximum absolute atomic E-state index is 5.61. The van der Waals surface area contributed by atoms with Gasteiger partial charge in [0.25, 0.3) is 0 Å². The third kappa shape index (κ3) is 2.42. The van der Waals surface area contributed by atoms with Gasteiger partial charge in [0.1, 0.15) is 11.8 Å². The smallest absolute Gasteiger partial charge is 0.141 e. The quantitative estimate of drug-likeness (QED) is 0.669. The molecule has 5 nitrogen and oxygen atoms in total. The van der Waals surface area contributed by atoms with Crippen LogP contribution in [0.2, 0.25) is 0 Å². The molecule has 3 N–H and O–H groups in total. The fraction of sp³-hybridized carbons (Fsp3) is 0.400. The minimum Gasteiger partial charge on any atom is -0.466 e. The Morgan fingerprint density at radius 2 is 2.29 bits per heavy atom. The molecule has 2 aromatic rings. The average molecular weight is 317 g/mol. The van der Waals surface area contributed by atoms with Crippen LogP contribution in [0.15, 0.2) is 21.2 Å². The molecule has 2 aromatic heterocycles. The van der Waals surface area contributed by atoms with E-state index in [-0.39, 0.29) is 6.04 Å². The molecule has 1 unspecified atom stereocenters. The van der Waals surface area contributed by atoms with Crippen molar-refractivity contribution in [2.75, 3.05) is 0 Å². The third-order valence-electron chi connectivity index (χ3n) is 2.42. The molecule has 0 fully saturated rings. The molecule has 1 atom stereocenters. The summed E-state index contributed by atoms with van der Waals surface area (Å²) in [6, 6.07) is 1.61. The van der Waals surface area contributed by atoms with Gasteiger partial charge in [-0.15, -0.1) is 5.10 Å². The molecule has 0 aliphatic carbocycles. The zero-order valence-electron chi connectivity index (χ0n) is 9.48. The van der Waals surface area contributed by atoms with E-state index in [1.165, 1.54) is 11.5 Å². The van der Waals surface area contributed by atoms with E-state index in [0.29, 0.717) is 5.92 Å². The van der Waals surface area contributed by atoms with Crippen molar-refractivity contribution < 1.29 is 4.42 Å². The van der Waals surface area contributed by atoms with Crippen molar-refractivity contribution in [2.45, 2.75) is 25.8 Å². The first-order chi connectivity index (χ1) is 8.15. The summed E-state index contributed by atoms with van der Waals surface area (Å²) in [5.74, 6) is 6.65. The topological polar surface area (TPSA) is 77.0 Å². The summed E-state index contributed by atoms with van der Waals surface area (Å²) in [7, 11) is 0. The lowest BCUT2D eigenvalue weighted by Crippen LogP contribution is -2.29. The highest BCUT2D eigenvalue weighted by atomic mass is 79.9. The summed E-state index contributed by atoms with van der Waals surface area (Å²) in [6.07, 6.45) is 1.62. The lowest BCUT2D eigenvalue weighted by atomic mass is 10.1. The number of nitrogens with two attached hydrogens (primary N) is 1. The second-order valence-corrected chi connectivity index (χ2v) is 5.55. The Bertz CT molecular complexity index is 496. The van der Waals surface area contributed by atoms with Gasteiger partial charge in [0.05, 0.1) is 21.3 Å². The highest BCUT2D eigenvalue weighted by Crippen LogP contribution is 2.34. The number of hydrazine groups is 1. The van der Waals surface area contributed by atoms with E-state index in [1.807, 2.05) is 6.07 Å². The average Bonchev–Trinajstić information content (AvgIpc) is 2.90. The Morgan fingerprint density at radius 3 is 2.82 bits per heavy atom. The van der Waals surface area contributed by atoms with Gasteiger partial charge >= 0.3 is 0 Å². The minimum atomic E-state index is -0.225. The van der Waals surface area contributed by atoms with Crippen molar-refractivity contribution in [3.63, 3.8) is 0 Å². The molecule has 0 bridgehead atoms. The van der Waals surface area contributed by atoms with Gasteiger partial charge in [-0.05, 0) is 39.4 Å². The van der Waals surface area contributed by atoms with Crippen molar-refractivity contribution in [3.8, 4) is 0 Å². The Kier molecular flexibility index (Phi) is 3.93. The number of rotatable bonds is 4. The summed E-state index contributed by atoms with van der Waals surface area (Å²) >= 11 is 4.76. The predicted octanol–water partition coefficient (Wildman–Crippen LogP) is 2.57. The summed E-state index contributed by atoms with van der Waals surface area (Å²) in [4.78, 5) is 0.984. The predicted molar refractivity (Wildman–Crippen MR) is 69.6 cm³/mol. The maximum Gasteiger partial charge on any atom is 0.141 e. The van der Waals surface area contributed by atoms with Crippen molar-refractivity contribution in [3.05, 3.63) is 33.1 Å². The molecule has 7 heteroatoms. The molecule has 92 valence electrons. The van der Waals surface area contributed by atoms with Crippen molar-refractivity contribution in [1.29, 1.82) is 0 Å². The Balaban J connectivity index is 2.43. The first-order valence-electron chi connectivity index (χ1n) is 5.16. The summed E-state index contributed by atoms with van der Waals surface area (Å²) in [5, 5.41) is 4.14. The molecule has 0 saturated carbocycles. The molecule has 0 aliphatic rings. The molecule has 2 rings (SSSR count). The number of nitrogens with one attached hydrogen (secondary N) is 1. The maximum atomic E-state index is 5.61. The van der Waals surface area contributed by atoms with Crippen LogP contribution in [0.1, 0.15) is 42.1 Å². The molecular formula is C10H13BrN4OS. The molecule has 0 aliphatic heterocycles. The highest BCUT2D eigenvalue weighted by Gasteiger charge is 2.25. The van der Waals surface area contributed by atoms with Crippen LogP contribution in [0.25, 0.3) is 0 Å². The van der Waals surface area contributed by atoms with E-state index in [2.05, 4.69) is 44.8 Å². The van der Waals surface area contributed by atoms with Crippen molar-refractivity contribution >= 4 is 27.5 Å². The molecule has 0 saturated heterocycles. The van der Waals surface area contributed by atoms with Crippen LogP contribution in [0, 0.1) is 0 Å². The van der Waals surface area contributed by atoms with Crippen LogP contribution in [0.5, 0.6) is 0 Å². The molecule has 0 spiro atoms. The molecule has 2 heterocycles. The normalized spacial score (nSPS) is 13.2. The van der Waals surface area contributed by atoms with Gasteiger partial charge in [-0.1, -0.05) is 18.3 Å². The lowest BCUT2D eigenvalue weighted by molar-refractivity contribution is 0.450. The second kappa shape index (κ2) is 5.26. The molecular weight excluding hydrogens is 304 g/mol. The second-order valence-electron chi connectivity index (χ2n) is 3.91. The minimum absolute atomic E-state index is 0.225. The molecule has 0 radical (unpaired) electrons. The summed E-state index contributed by atoms with van der Waals surface area (Å²) in [6.45, 7) is 4.15. The first kappa shape index (κ1) is 12.7. The van der Waals surface area contributed by atoms with Crippen LogP contribution in [0.4, 0.5) is 0 Å². The molecule has 0 amide bonds. The summed E-state index contributed by atoms with van der Waals surface area (Å²) < 4.78 is 10.3. The van der Waals surface area contributed by atoms with Gasteiger partial charge in [0.15, 0.2) is 0 Å². The van der Waals surface area contributed by atoms with E-state index in [9.17, 15) is 0 Å². The van der Waals surface area contributed by atoms with E-state index in [0.717, 1.165) is 20.8 Å². The van der Waals surface area contributed by atoms with Gasteiger partial charge in [0, 0.05) is 0 Å². The molecule has 17 heavy (non-hydrogen) atoms. The van der Waals surface area contributed by atoms with Crippen LogP contribution < -0.4 is 11.3 Å². The number of hydrogen-bond donors (Lipinski definition) is 2. The Labute approximate surface area is 112 Å². The Morgan fingerprint density at radius 1 is 1.53 bits per heavy atom. The fourth-order valence-electron chi connectivity index (χ4n) is 1.59. The highest BCUT2D eigenvalue weighted by molar-refractivity contribution is 9.10. The number of nitrogens with zero attached hydrogens (tertiary/aromatic N) is 2. The lowest BCUT2D eigenvalue weighted by Gasteiger charge is -2.14. The van der Waals surface area contributed by atoms with Crippen LogP contribution in [-0.2, 0) is 0 Å². The first-order valence-corrected chi connectivity index (χ1v) is 6.73. The third-order valence-corrected chi connectivity index (χ3v) is 3.88. The zero-order valence-corrected chi connectivity index (χ0v) is 11.9. The fourth-order valence-corrected chi connectivity index (χ4v) is 2.88. The van der Waals surface area contributed by atoms with E-state index >= 15 is 0 Å². The van der Waals surface area contributed by atoms with E-state index in [1.54, 1.807) is 6.26 Å². The SMILES string of the molecule is CC(C)c1nnsc1C(NN)c1occc1Br. The summed E-state index contributed by atoms with van der Waals surface area (Å²) in [5.41, 5.74) is 3.70. The van der Waals surface area contributed by atoms with Gasteiger partial charge in [-0.3, -0.25) is 5.84 Å². The Hall–Kier alpha value is -0.760. The number of aromatic nitrogens is 2. The largest absolute Gasteiger partial charge is 0.466 e. The van der Waals surface area contributed by atoms with Gasteiger partial charge in [-0.2, -0.15) is 0 Å². The molecule has 0 aromatic carbocycles. The standard InChI is InChI=1S/C10H13BrN4OS/c1-5(2)7-10(17-15-14-7)8(13-12)9-6(11)3-4-16-9/h3-5,8,13H,12H2,1-2H3. The van der Waals surface area contributed by atoms with E-state index < -0.39 is 0 Å². The number of halogens is 1. The van der Waals surface area contributed by atoms with Crippen molar-refractivity contribution in [2.24, 2.45) is 5.84 Å². The van der Waals surface area contributed by atoms with Crippen LogP contribution >= 0.6 is 27.5 Å². The monoisotopic (exact) mass is 316 g/mol. The zero-order chi connectivity index (χ0) is 12.4. The van der Waals surface area contributed by atoms with Gasteiger partial charge < -0.3 is 4.42 Å². The van der Waals surface area contributed by atoms with E-state index in [4.69, 9.17) is 10.3 Å². The number of furan rings is 1.